The van der Waals surface area contributed by atoms with E-state index >= 15 is 0 Å². The molecule has 0 bridgehead atoms. The lowest BCUT2D eigenvalue weighted by Gasteiger charge is -2.18. The minimum Gasteiger partial charge on any atom is -0.462 e. The predicted molar refractivity (Wildman–Crippen MR) is 270 cm³/mol. The van der Waals surface area contributed by atoms with E-state index in [4.69, 9.17) is 14.2 Å². The summed E-state index contributed by atoms with van der Waals surface area (Å²) in [7, 11) is 0. The van der Waals surface area contributed by atoms with Gasteiger partial charge in [-0.3, -0.25) is 14.4 Å². The number of allylic oxidation sites excluding steroid dienone is 2. The van der Waals surface area contributed by atoms with Crippen LogP contribution in [0.5, 0.6) is 0 Å². The van der Waals surface area contributed by atoms with Crippen LogP contribution in [-0.4, -0.2) is 37.2 Å². The zero-order chi connectivity index (χ0) is 45.8. The SMILES string of the molecule is CCCCCCCCCC/C=C\CCCCCCCCCCCC(=O)OCC(COC(=O)CCCCCCCCCC)OC(=O)CCCCCCCCCCCCCCCCCC. The van der Waals surface area contributed by atoms with Crippen molar-refractivity contribution in [1.82, 2.24) is 0 Å². The molecule has 1 unspecified atom stereocenters. The van der Waals surface area contributed by atoms with Crippen LogP contribution in [0.2, 0.25) is 0 Å². The van der Waals surface area contributed by atoms with E-state index < -0.39 is 6.10 Å². The first-order valence-corrected chi connectivity index (χ1v) is 28.2. The summed E-state index contributed by atoms with van der Waals surface area (Å²) in [5.74, 6) is -0.851. The van der Waals surface area contributed by atoms with Crippen molar-refractivity contribution in [3.05, 3.63) is 12.2 Å². The molecule has 1 atom stereocenters. The van der Waals surface area contributed by atoms with E-state index in [1.807, 2.05) is 0 Å². The van der Waals surface area contributed by atoms with E-state index in [0.29, 0.717) is 19.3 Å². The Morgan fingerprint density at radius 1 is 0.302 bits per heavy atom. The normalized spacial score (nSPS) is 12.0. The summed E-state index contributed by atoms with van der Waals surface area (Å²) in [6, 6.07) is 0. The molecule has 0 saturated carbocycles. The van der Waals surface area contributed by atoms with Crippen molar-refractivity contribution < 1.29 is 28.6 Å². The zero-order valence-electron chi connectivity index (χ0n) is 42.6. The maximum atomic E-state index is 12.8. The van der Waals surface area contributed by atoms with Crippen LogP contribution in [0.4, 0.5) is 0 Å². The highest BCUT2D eigenvalue weighted by Gasteiger charge is 2.19. The number of ether oxygens (including phenoxy) is 3. The summed E-state index contributed by atoms with van der Waals surface area (Å²) in [6.45, 7) is 6.66. The van der Waals surface area contributed by atoms with Gasteiger partial charge in [-0.1, -0.05) is 264 Å². The van der Waals surface area contributed by atoms with Crippen LogP contribution in [0.15, 0.2) is 12.2 Å². The number of carbonyl (C=O) groups excluding carboxylic acids is 3. The fraction of sp³-hybridized carbons (Fsp3) is 0.912. The van der Waals surface area contributed by atoms with E-state index in [-0.39, 0.29) is 31.1 Å². The van der Waals surface area contributed by atoms with E-state index in [0.717, 1.165) is 57.8 Å². The summed E-state index contributed by atoms with van der Waals surface area (Å²) in [4.78, 5) is 37.9. The average Bonchev–Trinajstić information content (AvgIpc) is 3.28. The van der Waals surface area contributed by atoms with Gasteiger partial charge in [-0.2, -0.15) is 0 Å². The maximum absolute atomic E-state index is 12.8. The number of hydrogen-bond acceptors (Lipinski definition) is 6. The molecule has 0 radical (unpaired) electrons. The second-order valence-electron chi connectivity index (χ2n) is 19.2. The molecule has 0 aliphatic rings. The standard InChI is InChI=1S/C57H108O6/c1-4-7-10-13-16-19-21-23-25-27-28-29-30-31-33-34-36-38-41-44-47-50-56(59)62-53-54(52-61-55(58)49-46-43-40-18-15-12-9-6-3)63-57(60)51-48-45-42-39-37-35-32-26-24-22-20-17-14-11-8-5-2/h27-28,54H,4-26,29-53H2,1-3H3/b28-27-. The Balaban J connectivity index is 4.18. The Hall–Kier alpha value is -1.85. The Labute approximate surface area is 392 Å². The molecule has 0 saturated heterocycles. The Morgan fingerprint density at radius 2 is 0.524 bits per heavy atom. The van der Waals surface area contributed by atoms with E-state index in [2.05, 4.69) is 32.9 Å². The average molecular weight is 889 g/mol. The highest BCUT2D eigenvalue weighted by atomic mass is 16.6. The molecular formula is C57H108O6. The van der Waals surface area contributed by atoms with E-state index in [1.165, 1.54) is 218 Å². The minimum absolute atomic E-state index is 0.0656. The molecule has 0 aromatic carbocycles. The molecule has 0 amide bonds. The number of carbonyl (C=O) groups is 3. The molecule has 0 spiro atoms. The second-order valence-corrected chi connectivity index (χ2v) is 19.2. The van der Waals surface area contributed by atoms with Crippen molar-refractivity contribution >= 4 is 17.9 Å². The first kappa shape index (κ1) is 61.1. The molecule has 0 rings (SSSR count). The van der Waals surface area contributed by atoms with Gasteiger partial charge in [0, 0.05) is 19.3 Å². The lowest BCUT2D eigenvalue weighted by Crippen LogP contribution is -2.30. The lowest BCUT2D eigenvalue weighted by atomic mass is 10.0. The van der Waals surface area contributed by atoms with Crippen molar-refractivity contribution in [2.75, 3.05) is 13.2 Å². The summed E-state index contributed by atoms with van der Waals surface area (Å²) in [5.41, 5.74) is 0. The molecule has 63 heavy (non-hydrogen) atoms. The van der Waals surface area contributed by atoms with Crippen molar-refractivity contribution in [3.63, 3.8) is 0 Å². The van der Waals surface area contributed by atoms with Crippen LogP contribution in [-0.2, 0) is 28.6 Å². The smallest absolute Gasteiger partial charge is 0.306 e. The molecule has 6 nitrogen and oxygen atoms in total. The van der Waals surface area contributed by atoms with E-state index in [1.54, 1.807) is 0 Å². The largest absolute Gasteiger partial charge is 0.462 e. The Bertz CT molecular complexity index is 978. The third-order valence-corrected chi connectivity index (χ3v) is 12.8. The van der Waals surface area contributed by atoms with Gasteiger partial charge in [0.2, 0.25) is 0 Å². The number of esters is 3. The van der Waals surface area contributed by atoms with Crippen LogP contribution in [0.1, 0.15) is 316 Å². The van der Waals surface area contributed by atoms with Gasteiger partial charge in [0.15, 0.2) is 6.10 Å². The summed E-state index contributed by atoms with van der Waals surface area (Å²) in [5, 5.41) is 0. The zero-order valence-corrected chi connectivity index (χ0v) is 42.6. The van der Waals surface area contributed by atoms with Gasteiger partial charge >= 0.3 is 17.9 Å². The third kappa shape index (κ3) is 51.0. The van der Waals surface area contributed by atoms with Gasteiger partial charge in [-0.25, -0.2) is 0 Å². The quantitative estimate of drug-likeness (QED) is 0.0262. The molecule has 0 aromatic rings. The summed E-state index contributed by atoms with van der Waals surface area (Å²) < 4.78 is 16.8. The van der Waals surface area contributed by atoms with E-state index in [9.17, 15) is 14.4 Å². The molecule has 0 aromatic heterocycles. The molecule has 0 N–H and O–H groups in total. The van der Waals surface area contributed by atoms with Crippen LogP contribution in [0.3, 0.4) is 0 Å². The van der Waals surface area contributed by atoms with Crippen LogP contribution >= 0.6 is 0 Å². The lowest BCUT2D eigenvalue weighted by molar-refractivity contribution is -0.167. The predicted octanol–water partition coefficient (Wildman–Crippen LogP) is 18.5. The first-order chi connectivity index (χ1) is 31.0. The summed E-state index contributed by atoms with van der Waals surface area (Å²) in [6.07, 6.45) is 59.3. The number of rotatable bonds is 52. The topological polar surface area (TPSA) is 78.9 Å². The first-order valence-electron chi connectivity index (χ1n) is 28.2. The molecule has 0 fully saturated rings. The van der Waals surface area contributed by atoms with Gasteiger partial charge in [0.25, 0.3) is 0 Å². The molecular weight excluding hydrogens is 781 g/mol. The van der Waals surface area contributed by atoms with Crippen molar-refractivity contribution in [2.45, 2.75) is 322 Å². The fourth-order valence-corrected chi connectivity index (χ4v) is 8.50. The third-order valence-electron chi connectivity index (χ3n) is 12.8. The van der Waals surface area contributed by atoms with Gasteiger partial charge < -0.3 is 14.2 Å². The molecule has 0 heterocycles. The molecule has 0 aliphatic carbocycles. The highest BCUT2D eigenvalue weighted by Crippen LogP contribution is 2.17. The van der Waals surface area contributed by atoms with Crippen molar-refractivity contribution in [1.29, 1.82) is 0 Å². The molecule has 6 heteroatoms. The Morgan fingerprint density at radius 3 is 0.794 bits per heavy atom. The number of unbranched alkanes of at least 4 members (excludes halogenated alkanes) is 39. The maximum Gasteiger partial charge on any atom is 0.306 e. The van der Waals surface area contributed by atoms with Crippen LogP contribution in [0.25, 0.3) is 0 Å². The monoisotopic (exact) mass is 889 g/mol. The Kier molecular flexibility index (Phi) is 51.2. The fourth-order valence-electron chi connectivity index (χ4n) is 8.50. The van der Waals surface area contributed by atoms with Gasteiger partial charge in [-0.15, -0.1) is 0 Å². The second kappa shape index (κ2) is 52.8. The van der Waals surface area contributed by atoms with Gasteiger partial charge in [0.05, 0.1) is 0 Å². The molecule has 372 valence electrons. The van der Waals surface area contributed by atoms with Gasteiger partial charge in [0.1, 0.15) is 13.2 Å². The summed E-state index contributed by atoms with van der Waals surface area (Å²) >= 11 is 0. The van der Waals surface area contributed by atoms with Gasteiger partial charge in [-0.05, 0) is 44.9 Å². The van der Waals surface area contributed by atoms with Crippen LogP contribution < -0.4 is 0 Å². The van der Waals surface area contributed by atoms with Crippen molar-refractivity contribution in [2.24, 2.45) is 0 Å². The minimum atomic E-state index is -0.763. The highest BCUT2D eigenvalue weighted by molar-refractivity contribution is 5.71. The van der Waals surface area contributed by atoms with Crippen LogP contribution in [0, 0.1) is 0 Å². The number of hydrogen-bond donors (Lipinski definition) is 0. The van der Waals surface area contributed by atoms with Crippen molar-refractivity contribution in [3.8, 4) is 0 Å². The molecule has 0 aliphatic heterocycles.